The molecule has 5 nitrogen and oxygen atoms in total. The Bertz CT molecular complexity index is 663. The Balaban J connectivity index is 1.78. The molecule has 0 saturated carbocycles. The van der Waals surface area contributed by atoms with E-state index in [0.717, 1.165) is 43.0 Å². The standard InChI is InChI=1S/C17H21ClN4O/c1-12(23)9-19-17-15-11-22(10-13-5-3-2-4-6-13)8-7-14(15)16(18)20-21-17/h2-6,12,23H,7-11H2,1H3,(H,19,21)/t12-/m1/s1. The van der Waals surface area contributed by atoms with Crippen molar-refractivity contribution >= 4 is 17.4 Å². The smallest absolute Gasteiger partial charge is 0.155 e. The van der Waals surface area contributed by atoms with Gasteiger partial charge in [-0.3, -0.25) is 4.90 Å². The zero-order valence-corrected chi connectivity index (χ0v) is 13.9. The van der Waals surface area contributed by atoms with Gasteiger partial charge in [-0.25, -0.2) is 0 Å². The van der Waals surface area contributed by atoms with Gasteiger partial charge in [0.05, 0.1) is 6.10 Å². The molecule has 0 amide bonds. The van der Waals surface area contributed by atoms with Crippen LogP contribution in [0, 0.1) is 0 Å². The predicted octanol–water partition coefficient (Wildman–Crippen LogP) is 2.48. The Hall–Kier alpha value is -1.69. The zero-order chi connectivity index (χ0) is 16.2. The van der Waals surface area contributed by atoms with E-state index in [1.54, 1.807) is 6.92 Å². The van der Waals surface area contributed by atoms with E-state index < -0.39 is 6.10 Å². The molecule has 23 heavy (non-hydrogen) atoms. The Morgan fingerprint density at radius 3 is 2.78 bits per heavy atom. The van der Waals surface area contributed by atoms with Gasteiger partial charge in [0.2, 0.25) is 0 Å². The van der Waals surface area contributed by atoms with Crippen molar-refractivity contribution in [2.75, 3.05) is 18.4 Å². The first-order valence-corrected chi connectivity index (χ1v) is 8.23. The third-order valence-corrected chi connectivity index (χ3v) is 4.31. The van der Waals surface area contributed by atoms with Gasteiger partial charge in [-0.1, -0.05) is 41.9 Å². The number of nitrogens with zero attached hydrogens (tertiary/aromatic N) is 3. The Morgan fingerprint density at radius 1 is 1.26 bits per heavy atom. The Morgan fingerprint density at radius 2 is 2.04 bits per heavy atom. The van der Waals surface area contributed by atoms with Gasteiger partial charge in [0, 0.05) is 37.3 Å². The van der Waals surface area contributed by atoms with Crippen molar-refractivity contribution in [2.24, 2.45) is 0 Å². The first-order valence-electron chi connectivity index (χ1n) is 7.85. The number of benzene rings is 1. The summed E-state index contributed by atoms with van der Waals surface area (Å²) >= 11 is 6.22. The second kappa shape index (κ2) is 7.25. The summed E-state index contributed by atoms with van der Waals surface area (Å²) in [7, 11) is 0. The molecule has 0 saturated heterocycles. The summed E-state index contributed by atoms with van der Waals surface area (Å²) in [5, 5.41) is 21.3. The number of aromatic nitrogens is 2. The van der Waals surface area contributed by atoms with Crippen LogP contribution in [0.3, 0.4) is 0 Å². The third-order valence-electron chi connectivity index (χ3n) is 4.01. The number of fused-ring (bicyclic) bond motifs is 1. The van der Waals surface area contributed by atoms with Crippen LogP contribution >= 0.6 is 11.6 Å². The van der Waals surface area contributed by atoms with Crippen molar-refractivity contribution in [3.05, 3.63) is 52.2 Å². The summed E-state index contributed by atoms with van der Waals surface area (Å²) in [5.74, 6) is 0.725. The Kier molecular flexibility index (Phi) is 5.10. The van der Waals surface area contributed by atoms with E-state index in [9.17, 15) is 5.11 Å². The molecule has 2 heterocycles. The molecule has 6 heteroatoms. The third kappa shape index (κ3) is 3.99. The monoisotopic (exact) mass is 332 g/mol. The van der Waals surface area contributed by atoms with Gasteiger partial charge in [-0.2, -0.15) is 0 Å². The highest BCUT2D eigenvalue weighted by atomic mass is 35.5. The van der Waals surface area contributed by atoms with Crippen LogP contribution in [0.5, 0.6) is 0 Å². The predicted molar refractivity (Wildman–Crippen MR) is 91.5 cm³/mol. The van der Waals surface area contributed by atoms with Gasteiger partial charge >= 0.3 is 0 Å². The van der Waals surface area contributed by atoms with Crippen molar-refractivity contribution in [1.29, 1.82) is 0 Å². The van der Waals surface area contributed by atoms with Gasteiger partial charge < -0.3 is 10.4 Å². The van der Waals surface area contributed by atoms with Gasteiger partial charge in [0.25, 0.3) is 0 Å². The molecule has 1 aliphatic rings. The summed E-state index contributed by atoms with van der Waals surface area (Å²) in [4.78, 5) is 2.38. The van der Waals surface area contributed by atoms with Gasteiger partial charge in [-0.05, 0) is 18.9 Å². The highest BCUT2D eigenvalue weighted by Crippen LogP contribution is 2.29. The van der Waals surface area contributed by atoms with E-state index in [1.165, 1.54) is 5.56 Å². The van der Waals surface area contributed by atoms with E-state index in [0.29, 0.717) is 11.7 Å². The fourth-order valence-corrected chi connectivity index (χ4v) is 3.09. The summed E-state index contributed by atoms with van der Waals surface area (Å²) in [5.41, 5.74) is 3.45. The zero-order valence-electron chi connectivity index (χ0n) is 13.2. The number of halogens is 1. The van der Waals surface area contributed by atoms with E-state index in [1.807, 2.05) is 6.07 Å². The van der Waals surface area contributed by atoms with E-state index in [4.69, 9.17) is 11.6 Å². The van der Waals surface area contributed by atoms with E-state index in [-0.39, 0.29) is 0 Å². The average molecular weight is 333 g/mol. The molecule has 2 aromatic rings. The van der Waals surface area contributed by atoms with Crippen molar-refractivity contribution in [3.8, 4) is 0 Å². The van der Waals surface area contributed by atoms with Crippen LogP contribution < -0.4 is 5.32 Å². The highest BCUT2D eigenvalue weighted by molar-refractivity contribution is 6.30. The molecule has 0 bridgehead atoms. The fourth-order valence-electron chi connectivity index (χ4n) is 2.84. The molecular weight excluding hydrogens is 312 g/mol. The van der Waals surface area contributed by atoms with Gasteiger partial charge in [-0.15, -0.1) is 10.2 Å². The maximum Gasteiger partial charge on any atom is 0.155 e. The Labute approximate surface area is 141 Å². The van der Waals surface area contributed by atoms with Crippen LogP contribution in [0.1, 0.15) is 23.6 Å². The van der Waals surface area contributed by atoms with Crippen molar-refractivity contribution in [2.45, 2.75) is 32.5 Å². The molecule has 3 rings (SSSR count). The molecule has 0 fully saturated rings. The summed E-state index contributed by atoms with van der Waals surface area (Å²) in [6, 6.07) is 10.4. The molecule has 1 atom stereocenters. The molecule has 0 spiro atoms. The van der Waals surface area contributed by atoms with Crippen molar-refractivity contribution in [1.82, 2.24) is 15.1 Å². The lowest BCUT2D eigenvalue weighted by Crippen LogP contribution is -2.32. The van der Waals surface area contributed by atoms with Crippen LogP contribution in [0.15, 0.2) is 30.3 Å². The van der Waals surface area contributed by atoms with Crippen LogP contribution in [0.2, 0.25) is 5.15 Å². The van der Waals surface area contributed by atoms with Crippen molar-refractivity contribution < 1.29 is 5.11 Å². The maximum atomic E-state index is 9.47. The summed E-state index contributed by atoms with van der Waals surface area (Å²) in [6.07, 6.45) is 0.423. The van der Waals surface area contributed by atoms with Crippen LogP contribution in [-0.2, 0) is 19.5 Å². The largest absolute Gasteiger partial charge is 0.392 e. The highest BCUT2D eigenvalue weighted by Gasteiger charge is 2.23. The molecule has 0 unspecified atom stereocenters. The summed E-state index contributed by atoms with van der Waals surface area (Å²) in [6.45, 7) is 4.81. The van der Waals surface area contributed by atoms with Gasteiger partial charge in [0.15, 0.2) is 11.0 Å². The van der Waals surface area contributed by atoms with E-state index in [2.05, 4.69) is 44.7 Å². The van der Waals surface area contributed by atoms with Gasteiger partial charge in [0.1, 0.15) is 0 Å². The summed E-state index contributed by atoms with van der Waals surface area (Å²) < 4.78 is 0. The number of nitrogens with one attached hydrogen (secondary N) is 1. The van der Waals surface area contributed by atoms with Crippen LogP contribution in [-0.4, -0.2) is 39.4 Å². The second-order valence-corrected chi connectivity index (χ2v) is 6.33. The molecule has 1 aromatic heterocycles. The number of aliphatic hydroxyl groups excluding tert-OH is 1. The molecular formula is C17H21ClN4O. The lowest BCUT2D eigenvalue weighted by Gasteiger charge is -2.30. The number of hydrogen-bond donors (Lipinski definition) is 2. The minimum Gasteiger partial charge on any atom is -0.392 e. The van der Waals surface area contributed by atoms with Crippen LogP contribution in [0.4, 0.5) is 5.82 Å². The lowest BCUT2D eigenvalue weighted by atomic mass is 10.0. The first-order chi connectivity index (χ1) is 11.1. The molecule has 1 aromatic carbocycles. The topological polar surface area (TPSA) is 61.3 Å². The first kappa shape index (κ1) is 16.2. The fraction of sp³-hybridized carbons (Fsp3) is 0.412. The quantitative estimate of drug-likeness (QED) is 0.881. The van der Waals surface area contributed by atoms with E-state index >= 15 is 0 Å². The van der Waals surface area contributed by atoms with Crippen LogP contribution in [0.25, 0.3) is 0 Å². The number of aliphatic hydroxyl groups is 1. The minimum absolute atomic E-state index is 0.438. The normalized spacial score (nSPS) is 16.0. The molecule has 2 N–H and O–H groups in total. The number of hydrogen-bond acceptors (Lipinski definition) is 5. The average Bonchev–Trinajstić information content (AvgIpc) is 2.55. The van der Waals surface area contributed by atoms with Crippen molar-refractivity contribution in [3.63, 3.8) is 0 Å². The SMILES string of the molecule is C[C@@H](O)CNc1nnc(Cl)c2c1CN(Cc1ccccc1)CC2. The molecule has 0 radical (unpaired) electrons. The number of anilines is 1. The molecule has 1 aliphatic heterocycles. The number of rotatable bonds is 5. The second-order valence-electron chi connectivity index (χ2n) is 5.97. The lowest BCUT2D eigenvalue weighted by molar-refractivity contribution is 0.208. The molecule has 0 aliphatic carbocycles. The maximum absolute atomic E-state index is 9.47. The molecule has 122 valence electrons. The minimum atomic E-state index is -0.438.